The van der Waals surface area contributed by atoms with Crippen LogP contribution >= 0.6 is 11.8 Å². The van der Waals surface area contributed by atoms with Gasteiger partial charge in [0.2, 0.25) is 10.5 Å². The minimum Gasteiger partial charge on any atom is -0.556 e. The molecule has 0 saturated carbocycles. The number of allylic oxidation sites excluding steroid dienone is 2. The highest BCUT2D eigenvalue weighted by Crippen LogP contribution is 2.31. The third kappa shape index (κ3) is 4.78. The van der Waals surface area contributed by atoms with Crippen molar-refractivity contribution in [2.45, 2.75) is 24.4 Å². The first-order chi connectivity index (χ1) is 8.47. The number of halogens is 3. The summed E-state index contributed by atoms with van der Waals surface area (Å²) in [5.74, 6) is 1.74. The lowest BCUT2D eigenvalue weighted by atomic mass is 10.2. The van der Waals surface area contributed by atoms with Gasteiger partial charge in [-0.1, -0.05) is 6.08 Å². The fourth-order valence-electron chi connectivity index (χ4n) is 1.37. The lowest BCUT2D eigenvalue weighted by Gasteiger charge is -2.08. The normalized spacial score (nSPS) is 12.8. The van der Waals surface area contributed by atoms with Gasteiger partial charge in [-0.25, -0.2) is 0 Å². The fourth-order valence-corrected chi connectivity index (χ4v) is 2.68. The van der Waals surface area contributed by atoms with Crippen molar-refractivity contribution in [3.05, 3.63) is 41.7 Å². The van der Waals surface area contributed by atoms with Crippen LogP contribution < -0.4 is 0 Å². The molecule has 0 saturated heterocycles. The number of thioether (sulfide) groups is 1. The van der Waals surface area contributed by atoms with Gasteiger partial charge in [-0.15, -0.1) is 11.8 Å². The van der Waals surface area contributed by atoms with Crippen molar-refractivity contribution < 1.29 is 17.6 Å². The highest BCUT2D eigenvalue weighted by Gasteiger charge is 2.29. The molecule has 0 heterocycles. The summed E-state index contributed by atoms with van der Waals surface area (Å²) in [4.78, 5) is 0.840. The van der Waals surface area contributed by atoms with E-state index in [1.165, 1.54) is 23.9 Å². The molecule has 18 heavy (non-hydrogen) atoms. The first-order valence-electron chi connectivity index (χ1n) is 5.46. The Labute approximate surface area is 112 Å². The van der Waals surface area contributed by atoms with Gasteiger partial charge < -0.3 is 4.43 Å². The van der Waals surface area contributed by atoms with E-state index in [2.05, 4.69) is 0 Å². The van der Waals surface area contributed by atoms with E-state index in [1.807, 2.05) is 13.0 Å². The molecule has 0 aromatic heterocycles. The number of benzene rings is 1. The van der Waals surface area contributed by atoms with Gasteiger partial charge in [0.15, 0.2) is 0 Å². The minimum atomic E-state index is -4.26. The zero-order valence-corrected chi connectivity index (χ0v) is 13.1. The molecule has 0 unspecified atom stereocenters. The maximum Gasteiger partial charge on any atom is 0.416 e. The molecule has 1 nitrogen and oxygen atoms in total. The number of hydrogen-bond acceptors (Lipinski definition) is 2. The average molecular weight is 292 g/mol. The van der Waals surface area contributed by atoms with Crippen molar-refractivity contribution in [2.75, 3.05) is 5.75 Å². The summed E-state index contributed by atoms with van der Waals surface area (Å²) in [7, 11) is 0.660. The van der Waals surface area contributed by atoms with Crippen LogP contribution in [0.25, 0.3) is 0 Å². The monoisotopic (exact) mass is 292 g/mol. The van der Waals surface area contributed by atoms with Crippen LogP contribution in [0.3, 0.4) is 0 Å². The lowest BCUT2D eigenvalue weighted by Crippen LogP contribution is -2.03. The highest BCUT2D eigenvalue weighted by molar-refractivity contribution is 7.99. The van der Waals surface area contributed by atoms with E-state index in [-0.39, 0.29) is 0 Å². The summed E-state index contributed by atoms with van der Waals surface area (Å²) in [6.45, 7) is 1.91. The summed E-state index contributed by atoms with van der Waals surface area (Å²) in [6, 6.07) is 5.24. The van der Waals surface area contributed by atoms with Gasteiger partial charge >= 0.3 is 6.18 Å². The van der Waals surface area contributed by atoms with E-state index in [1.54, 1.807) is 0 Å². The molecule has 1 aromatic rings. The molecular formula is C12H15F3OSSi. The summed E-state index contributed by atoms with van der Waals surface area (Å²) < 4.78 is 42.3. The second-order valence-electron chi connectivity index (χ2n) is 3.58. The molecule has 0 aliphatic heterocycles. The highest BCUT2D eigenvalue weighted by atomic mass is 32.2. The summed E-state index contributed by atoms with van der Waals surface area (Å²) in [6.07, 6.45) is -1.55. The van der Waals surface area contributed by atoms with Gasteiger partial charge in [0, 0.05) is 17.1 Å². The first kappa shape index (κ1) is 15.2. The van der Waals surface area contributed by atoms with Crippen LogP contribution in [0, 0.1) is 0 Å². The summed E-state index contributed by atoms with van der Waals surface area (Å²) in [5.41, 5.74) is -0.608. The quantitative estimate of drug-likeness (QED) is 0.467. The Kier molecular flexibility index (Phi) is 5.81. The van der Waals surface area contributed by atoms with E-state index in [0.717, 1.165) is 35.0 Å². The number of rotatable bonds is 5. The standard InChI is InChI=1S/C12H15F3OSSi/c1-2-10(16-18)7-8-17-11-5-3-9(4-6-11)12(13,14)15/h2-6H,7-8H2,1,18H3. The van der Waals surface area contributed by atoms with Crippen LogP contribution in [0.4, 0.5) is 13.2 Å². The van der Waals surface area contributed by atoms with Crippen molar-refractivity contribution in [3.8, 4) is 0 Å². The zero-order chi connectivity index (χ0) is 13.6. The largest absolute Gasteiger partial charge is 0.556 e. The summed E-state index contributed by atoms with van der Waals surface area (Å²) >= 11 is 1.53. The third-order valence-electron chi connectivity index (χ3n) is 2.38. The van der Waals surface area contributed by atoms with Crippen molar-refractivity contribution in [3.63, 3.8) is 0 Å². The maximum absolute atomic E-state index is 12.3. The van der Waals surface area contributed by atoms with Gasteiger partial charge in [0.1, 0.15) is 0 Å². The molecule has 0 aliphatic rings. The second-order valence-corrected chi connectivity index (χ2v) is 5.16. The molecule has 0 radical (unpaired) electrons. The van der Waals surface area contributed by atoms with E-state index >= 15 is 0 Å². The molecule has 0 atom stereocenters. The average Bonchev–Trinajstić information content (AvgIpc) is 2.34. The van der Waals surface area contributed by atoms with Crippen LogP contribution in [-0.4, -0.2) is 16.2 Å². The Balaban J connectivity index is 2.50. The van der Waals surface area contributed by atoms with Crippen LogP contribution in [0.1, 0.15) is 18.9 Å². The molecule has 0 amide bonds. The number of hydrogen-bond donors (Lipinski definition) is 0. The summed E-state index contributed by atoms with van der Waals surface area (Å²) in [5, 5.41) is 0. The molecule has 0 bridgehead atoms. The van der Waals surface area contributed by atoms with Crippen LogP contribution in [0.5, 0.6) is 0 Å². The SMILES string of the molecule is CC=C(CCSc1ccc(C(F)(F)F)cc1)O[SiH3]. The molecule has 1 aromatic carbocycles. The van der Waals surface area contributed by atoms with E-state index < -0.39 is 11.7 Å². The van der Waals surface area contributed by atoms with Crippen LogP contribution in [0.2, 0.25) is 0 Å². The predicted octanol–water partition coefficient (Wildman–Crippen LogP) is 3.39. The minimum absolute atomic E-state index is 0.608. The predicted molar refractivity (Wildman–Crippen MR) is 71.6 cm³/mol. The third-order valence-corrected chi connectivity index (χ3v) is 3.92. The fraction of sp³-hybridized carbons (Fsp3) is 0.333. The van der Waals surface area contributed by atoms with Crippen LogP contribution in [-0.2, 0) is 10.6 Å². The Morgan fingerprint density at radius 1 is 1.33 bits per heavy atom. The van der Waals surface area contributed by atoms with Gasteiger partial charge in [0.25, 0.3) is 0 Å². The maximum atomic E-state index is 12.3. The molecule has 0 spiro atoms. The smallest absolute Gasteiger partial charge is 0.416 e. The topological polar surface area (TPSA) is 9.23 Å². The number of alkyl halides is 3. The van der Waals surface area contributed by atoms with Crippen molar-refractivity contribution in [2.24, 2.45) is 0 Å². The molecular weight excluding hydrogens is 277 g/mol. The lowest BCUT2D eigenvalue weighted by molar-refractivity contribution is -0.137. The molecule has 0 fully saturated rings. The van der Waals surface area contributed by atoms with Crippen molar-refractivity contribution in [1.82, 2.24) is 0 Å². The van der Waals surface area contributed by atoms with E-state index in [9.17, 15) is 13.2 Å². The zero-order valence-electron chi connectivity index (χ0n) is 10.3. The Hall–Kier alpha value is -0.883. The van der Waals surface area contributed by atoms with Gasteiger partial charge in [-0.2, -0.15) is 13.2 Å². The molecule has 0 aliphatic carbocycles. The van der Waals surface area contributed by atoms with E-state index in [4.69, 9.17) is 4.43 Å². The molecule has 100 valence electrons. The molecule has 6 heteroatoms. The molecule has 1 rings (SSSR count). The van der Waals surface area contributed by atoms with E-state index in [0.29, 0.717) is 10.5 Å². The van der Waals surface area contributed by atoms with Crippen LogP contribution in [0.15, 0.2) is 41.0 Å². The van der Waals surface area contributed by atoms with Crippen molar-refractivity contribution in [1.29, 1.82) is 0 Å². The second kappa shape index (κ2) is 6.89. The Bertz CT molecular complexity index is 401. The Morgan fingerprint density at radius 3 is 2.39 bits per heavy atom. The van der Waals surface area contributed by atoms with Crippen molar-refractivity contribution >= 4 is 22.2 Å². The van der Waals surface area contributed by atoms with Gasteiger partial charge in [-0.05, 0) is 31.2 Å². The molecule has 0 N–H and O–H groups in total. The first-order valence-corrected chi connectivity index (χ1v) is 7.27. The van der Waals surface area contributed by atoms with Gasteiger partial charge in [0.05, 0.1) is 11.3 Å². The Morgan fingerprint density at radius 2 is 1.94 bits per heavy atom. The van der Waals surface area contributed by atoms with Gasteiger partial charge in [-0.3, -0.25) is 0 Å².